The zero-order valence-corrected chi connectivity index (χ0v) is 29.0. The van der Waals surface area contributed by atoms with Gasteiger partial charge in [-0.1, -0.05) is 120 Å². The maximum atomic E-state index is 12.3. The van der Waals surface area contributed by atoms with E-state index in [1.807, 2.05) is 36.4 Å². The number of unbranched alkanes of at least 4 members (excludes halogenated alkanes) is 5. The van der Waals surface area contributed by atoms with Crippen molar-refractivity contribution in [3.05, 3.63) is 70.8 Å². The van der Waals surface area contributed by atoms with Crippen molar-refractivity contribution in [2.75, 3.05) is 0 Å². The molecule has 4 rings (SSSR count). The highest BCUT2D eigenvalue weighted by Crippen LogP contribution is 2.39. The largest absolute Gasteiger partial charge is 0.389 e. The molecule has 0 nitrogen and oxygen atoms in total. The van der Waals surface area contributed by atoms with E-state index in [4.69, 9.17) is 0 Å². The number of hydrogen-bond acceptors (Lipinski definition) is 0. The lowest BCUT2D eigenvalue weighted by Gasteiger charge is -2.29. The summed E-state index contributed by atoms with van der Waals surface area (Å²) in [5.74, 6) is 3.00. The fraction of sp³-hybridized carbons (Fsp3) is 0.707. The number of halogens is 6. The highest BCUT2D eigenvalue weighted by molar-refractivity contribution is 5.27. The van der Waals surface area contributed by atoms with Gasteiger partial charge in [-0.3, -0.25) is 0 Å². The molecule has 0 radical (unpaired) electrons. The molecule has 0 bridgehead atoms. The van der Waals surface area contributed by atoms with Gasteiger partial charge in [0, 0.05) is 12.8 Å². The van der Waals surface area contributed by atoms with E-state index in [0.29, 0.717) is 11.8 Å². The molecule has 0 saturated heterocycles. The van der Waals surface area contributed by atoms with Crippen LogP contribution in [0.4, 0.5) is 26.3 Å². The Kier molecular flexibility index (Phi) is 17.2. The van der Waals surface area contributed by atoms with Gasteiger partial charge in [0.05, 0.1) is 0 Å². The summed E-state index contributed by atoms with van der Waals surface area (Å²) in [4.78, 5) is 0. The van der Waals surface area contributed by atoms with Crippen LogP contribution in [0.3, 0.4) is 0 Å². The Morgan fingerprint density at radius 1 is 0.468 bits per heavy atom. The first-order valence-corrected chi connectivity index (χ1v) is 18.8. The molecule has 2 aromatic rings. The van der Waals surface area contributed by atoms with Crippen LogP contribution in [-0.4, -0.2) is 12.4 Å². The summed E-state index contributed by atoms with van der Waals surface area (Å²) in [6.07, 6.45) is 12.9. The minimum atomic E-state index is -4.06. The van der Waals surface area contributed by atoms with Crippen molar-refractivity contribution in [3.63, 3.8) is 0 Å². The summed E-state index contributed by atoms with van der Waals surface area (Å²) in [5, 5.41) is 0. The average Bonchev–Trinajstić information content (AvgIpc) is 3.06. The van der Waals surface area contributed by atoms with Crippen LogP contribution in [0.1, 0.15) is 170 Å². The van der Waals surface area contributed by atoms with Gasteiger partial charge >= 0.3 is 12.4 Å². The minimum absolute atomic E-state index is 0.0912. The second-order valence-corrected chi connectivity index (χ2v) is 14.5. The molecule has 266 valence electrons. The molecule has 0 spiro atoms. The van der Waals surface area contributed by atoms with E-state index in [2.05, 4.69) is 26.0 Å². The van der Waals surface area contributed by atoms with Gasteiger partial charge in [-0.15, -0.1) is 0 Å². The zero-order chi connectivity index (χ0) is 34.1. The first-order valence-electron chi connectivity index (χ1n) is 18.8. The molecule has 0 N–H and O–H groups in total. The van der Waals surface area contributed by atoms with Crippen molar-refractivity contribution in [1.29, 1.82) is 0 Å². The van der Waals surface area contributed by atoms with Gasteiger partial charge in [-0.05, 0) is 110 Å². The molecular formula is C41H60F6. The van der Waals surface area contributed by atoms with Gasteiger partial charge in [-0.2, -0.15) is 26.3 Å². The number of hydrogen-bond donors (Lipinski definition) is 0. The van der Waals surface area contributed by atoms with Crippen molar-refractivity contribution in [1.82, 2.24) is 0 Å². The Morgan fingerprint density at radius 3 is 1.15 bits per heavy atom. The third-order valence-electron chi connectivity index (χ3n) is 10.7. The molecule has 0 atom stereocenters. The molecule has 2 aliphatic carbocycles. The van der Waals surface area contributed by atoms with Crippen LogP contribution in [-0.2, 0) is 12.8 Å². The van der Waals surface area contributed by atoms with E-state index >= 15 is 0 Å². The Morgan fingerprint density at radius 2 is 0.809 bits per heavy atom. The Hall–Kier alpha value is -1.98. The standard InChI is InChI=1S/C21H31F3.C20H29F3/c1-2-3-4-5-6-17-7-11-19(12-8-17)20-13-9-18(10-14-20)15-16-21(22,23)24;1-2-3-4-5-16-6-10-18(11-7-16)19-12-8-17(9-13-19)14-15-20(21,22)23/h9-10,13-14,17,19H,2-8,11-12,15-16H2,1H3;8-9,12-13,16,18H,2-7,10-11,14-15H2,1H3. The predicted molar refractivity (Wildman–Crippen MR) is 184 cm³/mol. The fourth-order valence-electron chi connectivity index (χ4n) is 7.60. The van der Waals surface area contributed by atoms with Crippen LogP contribution >= 0.6 is 0 Å². The van der Waals surface area contributed by atoms with E-state index in [9.17, 15) is 26.3 Å². The zero-order valence-electron chi connectivity index (χ0n) is 29.0. The molecule has 2 saturated carbocycles. The van der Waals surface area contributed by atoms with Crippen molar-refractivity contribution >= 4 is 0 Å². The molecule has 47 heavy (non-hydrogen) atoms. The molecule has 2 fully saturated rings. The minimum Gasteiger partial charge on any atom is -0.171 e. The van der Waals surface area contributed by atoms with Crippen LogP contribution in [0.2, 0.25) is 0 Å². The smallest absolute Gasteiger partial charge is 0.171 e. The lowest BCUT2D eigenvalue weighted by Crippen LogP contribution is -2.13. The monoisotopic (exact) mass is 666 g/mol. The van der Waals surface area contributed by atoms with Gasteiger partial charge < -0.3 is 0 Å². The van der Waals surface area contributed by atoms with Gasteiger partial charge in [0.25, 0.3) is 0 Å². The molecular weight excluding hydrogens is 606 g/mol. The maximum Gasteiger partial charge on any atom is 0.389 e. The summed E-state index contributed by atoms with van der Waals surface area (Å²) in [6, 6.07) is 15.7. The van der Waals surface area contributed by atoms with E-state index in [1.165, 1.54) is 120 Å². The first-order chi connectivity index (χ1) is 22.5. The molecule has 0 heterocycles. The summed E-state index contributed by atoms with van der Waals surface area (Å²) in [6.45, 7) is 4.49. The van der Waals surface area contributed by atoms with Gasteiger partial charge in [-0.25, -0.2) is 0 Å². The molecule has 2 aromatic carbocycles. The summed E-state index contributed by atoms with van der Waals surface area (Å²) < 4.78 is 73.6. The van der Waals surface area contributed by atoms with Gasteiger partial charge in [0.1, 0.15) is 0 Å². The van der Waals surface area contributed by atoms with E-state index < -0.39 is 25.2 Å². The Balaban J connectivity index is 0.000000256. The number of benzene rings is 2. The molecule has 6 heteroatoms. The predicted octanol–water partition coefficient (Wildman–Crippen LogP) is 14.5. The SMILES string of the molecule is CCCCCC1CCC(c2ccc(CCC(F)(F)F)cc2)CC1.CCCCCCC1CCC(c2ccc(CCC(F)(F)F)cc2)CC1. The highest BCUT2D eigenvalue weighted by Gasteiger charge is 2.28. The number of aryl methyl sites for hydroxylation is 2. The van der Waals surface area contributed by atoms with Gasteiger partial charge in [0.15, 0.2) is 0 Å². The van der Waals surface area contributed by atoms with Crippen molar-refractivity contribution in [3.8, 4) is 0 Å². The van der Waals surface area contributed by atoms with Crippen molar-refractivity contribution in [2.24, 2.45) is 11.8 Å². The third kappa shape index (κ3) is 16.3. The normalized spacial score (nSPS) is 22.0. The van der Waals surface area contributed by atoms with Crippen molar-refractivity contribution in [2.45, 2.75) is 173 Å². The molecule has 0 amide bonds. The molecule has 2 aliphatic rings. The summed E-state index contributed by atoms with van der Waals surface area (Å²) in [7, 11) is 0. The topological polar surface area (TPSA) is 0 Å². The van der Waals surface area contributed by atoms with Gasteiger partial charge in [0.2, 0.25) is 0 Å². The quantitative estimate of drug-likeness (QED) is 0.131. The Labute approximate surface area is 281 Å². The Bertz CT molecular complexity index is 1070. The van der Waals surface area contributed by atoms with Crippen LogP contribution in [0.25, 0.3) is 0 Å². The van der Waals surface area contributed by atoms with E-state index in [1.54, 1.807) is 0 Å². The van der Waals surface area contributed by atoms with E-state index in [0.717, 1.165) is 23.0 Å². The van der Waals surface area contributed by atoms with Crippen LogP contribution in [0, 0.1) is 11.8 Å². The second kappa shape index (κ2) is 20.5. The summed E-state index contributed by atoms with van der Waals surface area (Å²) in [5.41, 5.74) is 4.21. The third-order valence-corrected chi connectivity index (χ3v) is 10.7. The lowest BCUT2D eigenvalue weighted by atomic mass is 9.77. The summed E-state index contributed by atoms with van der Waals surface area (Å²) >= 11 is 0. The number of rotatable bonds is 15. The lowest BCUT2D eigenvalue weighted by molar-refractivity contribution is -0.134. The fourth-order valence-corrected chi connectivity index (χ4v) is 7.60. The highest BCUT2D eigenvalue weighted by atomic mass is 19.4. The first kappa shape index (κ1) is 39.5. The molecule has 0 aliphatic heterocycles. The van der Waals surface area contributed by atoms with E-state index in [-0.39, 0.29) is 12.8 Å². The van der Waals surface area contributed by atoms with Crippen LogP contribution in [0.15, 0.2) is 48.5 Å². The average molecular weight is 667 g/mol. The van der Waals surface area contributed by atoms with Crippen LogP contribution < -0.4 is 0 Å². The number of alkyl halides is 6. The maximum absolute atomic E-state index is 12.3. The molecule has 0 aromatic heterocycles. The molecule has 0 unspecified atom stereocenters. The van der Waals surface area contributed by atoms with Crippen LogP contribution in [0.5, 0.6) is 0 Å². The second-order valence-electron chi connectivity index (χ2n) is 14.5. The van der Waals surface area contributed by atoms with Crippen molar-refractivity contribution < 1.29 is 26.3 Å².